The lowest BCUT2D eigenvalue weighted by molar-refractivity contribution is 1.38. The molecule has 0 fully saturated rings. The summed E-state index contributed by atoms with van der Waals surface area (Å²) in [6.07, 6.45) is 0. The van der Waals surface area contributed by atoms with Gasteiger partial charge in [0, 0.05) is 43.6 Å². The predicted molar refractivity (Wildman–Crippen MR) is 142 cm³/mol. The Morgan fingerprint density at radius 1 is 0.633 bits per heavy atom. The van der Waals surface area contributed by atoms with Crippen molar-refractivity contribution in [3.8, 4) is 11.1 Å². The van der Waals surface area contributed by atoms with Crippen LogP contribution in [0.4, 0.5) is 0 Å². The standard InChI is InChI=1S/C24H14N2.CH2I.2Al/c1-3-7-21-17(5-1)19-11-9-16(14-24(19)26-21)15-10-12-23-20(13-15)18-6-2-4-8-22(18)25-23;1-2;;/h1-14H;1-2H;;/q-2;;2*+1. The Morgan fingerprint density at radius 3 is 2.03 bits per heavy atom. The maximum atomic E-state index is 2.87. The third-order valence-corrected chi connectivity index (χ3v) is 8.54. The molecule has 0 bridgehead atoms. The number of benzene rings is 4. The van der Waals surface area contributed by atoms with Gasteiger partial charge in [0.15, 0.2) is 0 Å². The van der Waals surface area contributed by atoms with Crippen molar-refractivity contribution in [3.05, 3.63) is 84.9 Å². The minimum atomic E-state index is 0.108. The topological polar surface area (TPSA) is 9.86 Å². The summed E-state index contributed by atoms with van der Waals surface area (Å²) < 4.78 is 7.02. The number of fused-ring (bicyclic) bond motifs is 6. The maximum Gasteiger partial charge on any atom is 0.419 e. The third kappa shape index (κ3) is 2.78. The summed E-state index contributed by atoms with van der Waals surface area (Å²) in [4.78, 5) is 0. The first-order valence-electron chi connectivity index (χ1n) is 9.86. The number of nitrogens with zero attached hydrogens (tertiary/aromatic N) is 2. The molecule has 139 valence electrons. The van der Waals surface area contributed by atoms with Crippen LogP contribution in [0, 0.1) is 0 Å². The van der Waals surface area contributed by atoms with Gasteiger partial charge in [-0.2, -0.15) is 22.1 Å². The zero-order valence-electron chi connectivity index (χ0n) is 16.1. The van der Waals surface area contributed by atoms with E-state index in [2.05, 4.69) is 134 Å². The Labute approximate surface area is 202 Å². The summed E-state index contributed by atoms with van der Waals surface area (Å²) in [6, 6.07) is 31.1. The maximum absolute atomic E-state index is 2.87. The molecule has 3 radical (unpaired) electrons. The van der Waals surface area contributed by atoms with Crippen molar-refractivity contribution in [3.63, 3.8) is 0 Å². The molecule has 30 heavy (non-hydrogen) atoms. The number of aromatic nitrogens is 2. The fourth-order valence-corrected chi connectivity index (χ4v) is 6.96. The van der Waals surface area contributed by atoms with E-state index in [1.807, 2.05) is 0 Å². The van der Waals surface area contributed by atoms with Crippen molar-refractivity contribution < 1.29 is 0 Å². The van der Waals surface area contributed by atoms with Gasteiger partial charge in [-0.1, -0.05) is 54.6 Å². The van der Waals surface area contributed by atoms with Crippen molar-refractivity contribution in [1.82, 2.24) is 7.10 Å². The fraction of sp³-hybridized carbons (Fsp3) is 0. The zero-order valence-corrected chi connectivity index (χ0v) is 20.8. The second kappa shape index (κ2) is 7.38. The summed E-state index contributed by atoms with van der Waals surface area (Å²) in [5.74, 6) is 0. The molecule has 2 nitrogen and oxygen atoms in total. The van der Waals surface area contributed by atoms with Gasteiger partial charge in [-0.25, -0.2) is 0 Å². The van der Waals surface area contributed by atoms with Gasteiger partial charge in [0.1, 0.15) is 0 Å². The summed E-state index contributed by atoms with van der Waals surface area (Å²) in [5, 5.41) is 5.27. The van der Waals surface area contributed by atoms with Crippen LogP contribution >= 0.6 is 22.1 Å². The van der Waals surface area contributed by atoms with Crippen LogP contribution in [0.5, 0.6) is 0 Å². The van der Waals surface area contributed by atoms with Gasteiger partial charge < -0.3 is 7.10 Å². The lowest BCUT2D eigenvalue weighted by Gasteiger charge is -2.07. The van der Waals surface area contributed by atoms with Crippen molar-refractivity contribution in [1.29, 1.82) is 0 Å². The zero-order chi connectivity index (χ0) is 20.2. The summed E-state index contributed by atoms with van der Waals surface area (Å²) in [5.41, 5.74) is 7.66. The molecular formula is C25H16Al2IN2. The van der Waals surface area contributed by atoms with Gasteiger partial charge >= 0.3 is 32.0 Å². The molecular weight excluding hydrogens is 509 g/mol. The molecule has 2 heterocycles. The van der Waals surface area contributed by atoms with Crippen molar-refractivity contribution >= 4 is 101 Å². The van der Waals surface area contributed by atoms with Gasteiger partial charge in [0.2, 0.25) is 0 Å². The van der Waals surface area contributed by atoms with Gasteiger partial charge in [-0.15, -0.1) is 2.87 Å². The number of para-hydroxylation sites is 2. The second-order valence-corrected chi connectivity index (χ2v) is 11.5. The molecule has 0 aliphatic carbocycles. The van der Waals surface area contributed by atoms with Crippen LogP contribution in [0.25, 0.3) is 54.7 Å². The number of hydrogen-bond acceptors (Lipinski definition) is 0. The van der Waals surface area contributed by atoms with Gasteiger partial charge in [0.05, 0.1) is 0 Å². The quantitative estimate of drug-likeness (QED) is 0.201. The van der Waals surface area contributed by atoms with Gasteiger partial charge in [0.25, 0.3) is 0 Å². The molecule has 0 atom stereocenters. The summed E-state index contributed by atoms with van der Waals surface area (Å²) in [7, 11) is 0. The van der Waals surface area contributed by atoms with Crippen LogP contribution in [-0.2, 0) is 0 Å². The summed E-state index contributed by atoms with van der Waals surface area (Å²) in [6.45, 7) is 0. The Kier molecular flexibility index (Phi) is 4.64. The molecule has 5 heteroatoms. The molecule has 0 spiro atoms. The van der Waals surface area contributed by atoms with Gasteiger partial charge in [-0.05, 0) is 41.5 Å². The van der Waals surface area contributed by atoms with Crippen LogP contribution in [0.15, 0.2) is 84.9 Å². The molecule has 0 unspecified atom stereocenters. The average Bonchev–Trinajstić information content (AvgIpc) is 3.27. The number of rotatable bonds is 3. The molecule has 0 aliphatic heterocycles. The number of halogens is 1. The fourth-order valence-electron chi connectivity index (χ4n) is 4.58. The monoisotopic (exact) mass is 525 g/mol. The highest BCUT2D eigenvalue weighted by Gasteiger charge is 2.12. The molecule has 6 rings (SSSR count). The van der Waals surface area contributed by atoms with Gasteiger partial charge in [-0.3, -0.25) is 0 Å². The van der Waals surface area contributed by atoms with Crippen LogP contribution in [-0.4, -0.2) is 41.9 Å². The third-order valence-electron chi connectivity index (χ3n) is 5.96. The Balaban J connectivity index is 1.60. The SMILES string of the molecule is [Al][n]1c2ccccc2c2ccc(-c3ccc4c(c3)c3ccccc3[n]4[Al][CH]=[IH])cc21. The first kappa shape index (κ1) is 18.9. The van der Waals surface area contributed by atoms with Crippen LogP contribution < -0.4 is 0 Å². The van der Waals surface area contributed by atoms with Crippen molar-refractivity contribution in [2.75, 3.05) is 0 Å². The first-order chi connectivity index (χ1) is 14.8. The highest BCUT2D eigenvalue weighted by Crippen LogP contribution is 2.35. The van der Waals surface area contributed by atoms with E-state index >= 15 is 0 Å². The Morgan fingerprint density at radius 2 is 1.23 bits per heavy atom. The average molecular weight is 525 g/mol. The Bertz CT molecular complexity index is 1610. The van der Waals surface area contributed by atoms with E-state index in [0.29, 0.717) is 0 Å². The highest BCUT2D eigenvalue weighted by molar-refractivity contribution is 14.1. The largest absolute Gasteiger partial charge is 0.452 e. The smallest absolute Gasteiger partial charge is 0.419 e. The predicted octanol–water partition coefficient (Wildman–Crippen LogP) is 5.90. The highest BCUT2D eigenvalue weighted by atomic mass is 127. The Hall–Kier alpha value is -1.86. The first-order valence-corrected chi connectivity index (χ1v) is 12.9. The molecule has 6 aromatic rings. The van der Waals surface area contributed by atoms with E-state index in [1.54, 1.807) is 0 Å². The van der Waals surface area contributed by atoms with E-state index < -0.39 is 0 Å². The van der Waals surface area contributed by atoms with E-state index in [9.17, 15) is 0 Å². The summed E-state index contributed by atoms with van der Waals surface area (Å²) >= 11 is 5.06. The molecule has 0 saturated heterocycles. The van der Waals surface area contributed by atoms with Crippen LogP contribution in [0.1, 0.15) is 0 Å². The second-order valence-electron chi connectivity index (χ2n) is 7.52. The van der Waals surface area contributed by atoms with Crippen molar-refractivity contribution in [2.24, 2.45) is 0 Å². The molecule has 0 N–H and O–H groups in total. The van der Waals surface area contributed by atoms with E-state index in [-0.39, 0.29) is 15.4 Å². The van der Waals surface area contributed by atoms with E-state index in [1.165, 1.54) is 54.7 Å². The van der Waals surface area contributed by atoms with Crippen LogP contribution in [0.3, 0.4) is 0 Å². The lowest BCUT2D eigenvalue weighted by atomic mass is 10.0. The molecule has 0 aliphatic rings. The minimum absolute atomic E-state index is 0.108. The number of hydrogen-bond donors (Lipinski definition) is 0. The normalized spacial score (nSPS) is 11.6. The molecule has 2 aromatic heterocycles. The van der Waals surface area contributed by atoms with Crippen molar-refractivity contribution in [2.45, 2.75) is 0 Å². The van der Waals surface area contributed by atoms with E-state index in [0.717, 1.165) is 0 Å². The molecule has 0 amide bonds. The molecule has 0 saturated carbocycles. The minimum Gasteiger partial charge on any atom is -0.452 e. The van der Waals surface area contributed by atoms with E-state index in [4.69, 9.17) is 0 Å². The molecule has 4 aromatic carbocycles. The van der Waals surface area contributed by atoms with Crippen LogP contribution in [0.2, 0.25) is 0 Å². The lowest BCUT2D eigenvalue weighted by Crippen LogP contribution is -2.05.